The Morgan fingerprint density at radius 3 is 2.50 bits per heavy atom. The number of hydrogen-bond acceptors (Lipinski definition) is 5. The number of nitriles is 2. The zero-order chi connectivity index (χ0) is 13.8. The highest BCUT2D eigenvalue weighted by Crippen LogP contribution is 2.24. The lowest BCUT2D eigenvalue weighted by Gasteiger charge is -2.04. The van der Waals surface area contributed by atoms with Gasteiger partial charge < -0.3 is 5.32 Å². The quantitative estimate of drug-likeness (QED) is 0.647. The fraction of sp³-hybridized carbons (Fsp3) is 0. The predicted molar refractivity (Wildman–Crippen MR) is 64.2 cm³/mol. The monoisotopic (exact) mass is 283 g/mol. The Balaban J connectivity index is 3.13. The molecule has 8 heteroatoms. The van der Waals surface area contributed by atoms with E-state index in [0.717, 1.165) is 12.3 Å². The van der Waals surface area contributed by atoms with Gasteiger partial charge in [0.05, 0.1) is 5.02 Å². The van der Waals surface area contributed by atoms with Crippen LogP contribution in [0.5, 0.6) is 0 Å². The van der Waals surface area contributed by atoms with Gasteiger partial charge >= 0.3 is 0 Å². The van der Waals surface area contributed by atoms with E-state index < -0.39 is 15.0 Å². The van der Waals surface area contributed by atoms with E-state index in [1.807, 2.05) is 0 Å². The second kappa shape index (κ2) is 5.52. The van der Waals surface area contributed by atoms with Gasteiger partial charge in [0.2, 0.25) is 0 Å². The molecular formula is C10H6ClN3O3S. The molecule has 0 aliphatic heterocycles. The molecule has 18 heavy (non-hydrogen) atoms. The number of nitrogens with one attached hydrogen (secondary N) is 1. The van der Waals surface area contributed by atoms with Crippen LogP contribution in [0.1, 0.15) is 0 Å². The third-order valence-electron chi connectivity index (χ3n) is 1.83. The number of allylic oxidation sites excluding steroid dienone is 1. The van der Waals surface area contributed by atoms with Gasteiger partial charge in [-0.25, -0.2) is 0 Å². The standard InChI is InChI=1S/C10H6ClN3O3S/c11-9-2-1-8(3-10(9)18(15,16)17)14-6-7(4-12)5-13/h1-3,6,14H,(H,15,16,17). The summed E-state index contributed by atoms with van der Waals surface area (Å²) in [7, 11) is -4.43. The first-order valence-electron chi connectivity index (χ1n) is 4.42. The molecule has 1 aromatic carbocycles. The van der Waals surface area contributed by atoms with Crippen LogP contribution < -0.4 is 5.32 Å². The SMILES string of the molecule is N#CC(C#N)=CNc1ccc(Cl)c(S(=O)(=O)O)c1. The molecule has 2 N–H and O–H groups in total. The van der Waals surface area contributed by atoms with E-state index in [9.17, 15) is 8.42 Å². The number of benzene rings is 1. The zero-order valence-corrected chi connectivity index (χ0v) is 10.3. The van der Waals surface area contributed by atoms with Gasteiger partial charge in [-0.1, -0.05) is 11.6 Å². The molecular weight excluding hydrogens is 278 g/mol. The Hall–Kier alpha value is -2.06. The Labute approximate surface area is 108 Å². The summed E-state index contributed by atoms with van der Waals surface area (Å²) >= 11 is 5.61. The molecule has 0 atom stereocenters. The molecule has 0 saturated carbocycles. The van der Waals surface area contributed by atoms with Crippen molar-refractivity contribution >= 4 is 27.4 Å². The highest BCUT2D eigenvalue weighted by Gasteiger charge is 2.14. The van der Waals surface area contributed by atoms with Gasteiger partial charge in [0.1, 0.15) is 22.6 Å². The number of halogens is 1. The molecule has 1 rings (SSSR count). The summed E-state index contributed by atoms with van der Waals surface area (Å²) in [4.78, 5) is -0.460. The third-order valence-corrected chi connectivity index (χ3v) is 3.17. The first kappa shape index (κ1) is 14.0. The van der Waals surface area contributed by atoms with Gasteiger partial charge in [-0.05, 0) is 18.2 Å². The van der Waals surface area contributed by atoms with Crippen molar-refractivity contribution in [2.24, 2.45) is 0 Å². The average molecular weight is 284 g/mol. The van der Waals surface area contributed by atoms with E-state index in [-0.39, 0.29) is 16.3 Å². The molecule has 0 saturated heterocycles. The maximum absolute atomic E-state index is 11.0. The summed E-state index contributed by atoms with van der Waals surface area (Å²) in [5, 5.41) is 19.4. The first-order chi connectivity index (χ1) is 8.38. The van der Waals surface area contributed by atoms with Gasteiger partial charge in [0.15, 0.2) is 0 Å². The Kier molecular flexibility index (Phi) is 4.29. The lowest BCUT2D eigenvalue weighted by Crippen LogP contribution is -2.00. The van der Waals surface area contributed by atoms with Crippen molar-refractivity contribution in [2.45, 2.75) is 4.90 Å². The molecule has 1 aromatic rings. The molecule has 0 aliphatic rings. The average Bonchev–Trinajstić information content (AvgIpc) is 2.31. The van der Waals surface area contributed by atoms with Crippen LogP contribution in [-0.4, -0.2) is 13.0 Å². The van der Waals surface area contributed by atoms with Crippen molar-refractivity contribution in [2.75, 3.05) is 5.32 Å². The molecule has 0 spiro atoms. The first-order valence-corrected chi connectivity index (χ1v) is 6.24. The third kappa shape index (κ3) is 3.47. The van der Waals surface area contributed by atoms with E-state index in [0.29, 0.717) is 0 Å². The van der Waals surface area contributed by atoms with E-state index in [4.69, 9.17) is 26.7 Å². The zero-order valence-electron chi connectivity index (χ0n) is 8.75. The minimum atomic E-state index is -4.43. The van der Waals surface area contributed by atoms with Crippen LogP contribution in [0.4, 0.5) is 5.69 Å². The maximum atomic E-state index is 11.0. The molecule has 0 aromatic heterocycles. The summed E-state index contributed by atoms with van der Waals surface area (Å²) in [6, 6.07) is 7.02. The molecule has 0 fully saturated rings. The van der Waals surface area contributed by atoms with Crippen molar-refractivity contribution in [3.63, 3.8) is 0 Å². The summed E-state index contributed by atoms with van der Waals surface area (Å²) in [5.74, 6) is 0. The van der Waals surface area contributed by atoms with Crippen molar-refractivity contribution in [1.29, 1.82) is 10.5 Å². The number of anilines is 1. The highest BCUT2D eigenvalue weighted by atomic mass is 35.5. The molecule has 0 unspecified atom stereocenters. The van der Waals surface area contributed by atoms with E-state index in [1.165, 1.54) is 12.1 Å². The van der Waals surface area contributed by atoms with Crippen molar-refractivity contribution in [3.8, 4) is 12.1 Å². The summed E-state index contributed by atoms with van der Waals surface area (Å²) in [6.07, 6.45) is 1.11. The van der Waals surface area contributed by atoms with Crippen LogP contribution in [-0.2, 0) is 10.1 Å². The van der Waals surface area contributed by atoms with Gasteiger partial charge in [0, 0.05) is 11.9 Å². The molecule has 0 radical (unpaired) electrons. The van der Waals surface area contributed by atoms with E-state index >= 15 is 0 Å². The molecule has 92 valence electrons. The predicted octanol–water partition coefficient (Wildman–Crippen LogP) is 1.93. The normalized spacial score (nSPS) is 10.0. The smallest absolute Gasteiger partial charge is 0.296 e. The highest BCUT2D eigenvalue weighted by molar-refractivity contribution is 7.86. The summed E-state index contributed by atoms with van der Waals surface area (Å²) in [6.45, 7) is 0. The summed E-state index contributed by atoms with van der Waals surface area (Å²) < 4.78 is 30.9. The molecule has 0 bridgehead atoms. The van der Waals surface area contributed by atoms with Gasteiger partial charge in [-0.3, -0.25) is 4.55 Å². The lowest BCUT2D eigenvalue weighted by atomic mass is 10.3. The minimum absolute atomic E-state index is 0.132. The van der Waals surface area contributed by atoms with Crippen LogP contribution in [0.25, 0.3) is 0 Å². The Morgan fingerprint density at radius 1 is 1.39 bits per heavy atom. The van der Waals surface area contributed by atoms with Gasteiger partial charge in [-0.2, -0.15) is 18.9 Å². The lowest BCUT2D eigenvalue weighted by molar-refractivity contribution is 0.483. The number of nitrogens with zero attached hydrogens (tertiary/aromatic N) is 2. The van der Waals surface area contributed by atoms with E-state index in [2.05, 4.69) is 5.32 Å². The van der Waals surface area contributed by atoms with Gasteiger partial charge in [0.25, 0.3) is 10.1 Å². The van der Waals surface area contributed by atoms with Crippen LogP contribution in [0, 0.1) is 22.7 Å². The second-order valence-corrected chi connectivity index (χ2v) is 4.84. The number of hydrogen-bond donors (Lipinski definition) is 2. The van der Waals surface area contributed by atoms with Crippen LogP contribution in [0.15, 0.2) is 34.9 Å². The Morgan fingerprint density at radius 2 is 2.00 bits per heavy atom. The molecule has 0 amide bonds. The largest absolute Gasteiger partial charge is 0.360 e. The second-order valence-electron chi connectivity index (χ2n) is 3.05. The van der Waals surface area contributed by atoms with E-state index in [1.54, 1.807) is 12.1 Å². The molecule has 6 nitrogen and oxygen atoms in total. The topological polar surface area (TPSA) is 114 Å². The molecule has 0 heterocycles. The summed E-state index contributed by atoms with van der Waals surface area (Å²) in [5.41, 5.74) is 0.0772. The number of rotatable bonds is 3. The van der Waals surface area contributed by atoms with Crippen molar-refractivity contribution in [1.82, 2.24) is 0 Å². The van der Waals surface area contributed by atoms with Crippen LogP contribution in [0.3, 0.4) is 0 Å². The van der Waals surface area contributed by atoms with Crippen LogP contribution in [0.2, 0.25) is 5.02 Å². The van der Waals surface area contributed by atoms with Crippen molar-refractivity contribution < 1.29 is 13.0 Å². The molecule has 0 aliphatic carbocycles. The van der Waals surface area contributed by atoms with Gasteiger partial charge in [-0.15, -0.1) is 0 Å². The fourth-order valence-electron chi connectivity index (χ4n) is 1.04. The Bertz CT molecular complexity index is 667. The fourth-order valence-corrected chi connectivity index (χ4v) is 2.04. The van der Waals surface area contributed by atoms with Crippen LogP contribution >= 0.6 is 11.6 Å². The van der Waals surface area contributed by atoms with Crippen molar-refractivity contribution in [3.05, 3.63) is 35.0 Å². The maximum Gasteiger partial charge on any atom is 0.296 e. The minimum Gasteiger partial charge on any atom is -0.360 e.